The molecule has 0 aromatic carbocycles. The van der Waals surface area contributed by atoms with Crippen LogP contribution in [0.25, 0.3) is 0 Å². The molecule has 0 bridgehead atoms. The van der Waals surface area contributed by atoms with Crippen LogP contribution in [0.1, 0.15) is 58.1 Å². The molecule has 1 N–H and O–H groups in total. The van der Waals surface area contributed by atoms with Gasteiger partial charge in [0.05, 0.1) is 7.11 Å². The van der Waals surface area contributed by atoms with E-state index in [1.54, 1.807) is 13.4 Å². The molecule has 114 valence electrons. The maximum Gasteiger partial charge on any atom is 0.216 e. The van der Waals surface area contributed by atoms with Crippen molar-refractivity contribution in [1.82, 2.24) is 15.3 Å². The molecule has 4 nitrogen and oxygen atoms in total. The van der Waals surface area contributed by atoms with Crippen LogP contribution in [0.5, 0.6) is 5.88 Å². The second kappa shape index (κ2) is 10.6. The summed E-state index contributed by atoms with van der Waals surface area (Å²) in [5.41, 5.74) is 1.05. The van der Waals surface area contributed by atoms with Crippen LogP contribution in [-0.2, 0) is 6.42 Å². The fraction of sp³-hybridized carbons (Fsp3) is 0.750. The molecule has 1 aromatic heterocycles. The highest BCUT2D eigenvalue weighted by Crippen LogP contribution is 2.12. The van der Waals surface area contributed by atoms with Crippen molar-refractivity contribution in [2.24, 2.45) is 0 Å². The Kier molecular flexibility index (Phi) is 8.96. The SMILES string of the molecule is CCCCCCCC(Cc1cc(OC)ncn1)NCC. The highest BCUT2D eigenvalue weighted by Gasteiger charge is 2.10. The molecule has 0 saturated carbocycles. The van der Waals surface area contributed by atoms with E-state index >= 15 is 0 Å². The molecule has 0 aliphatic rings. The van der Waals surface area contributed by atoms with Gasteiger partial charge in [0.1, 0.15) is 6.33 Å². The van der Waals surface area contributed by atoms with Gasteiger partial charge in [-0.15, -0.1) is 0 Å². The van der Waals surface area contributed by atoms with E-state index in [0.29, 0.717) is 11.9 Å². The molecule has 0 radical (unpaired) electrons. The second-order valence-corrected chi connectivity index (χ2v) is 5.21. The zero-order valence-corrected chi connectivity index (χ0v) is 13.2. The van der Waals surface area contributed by atoms with Crippen LogP contribution >= 0.6 is 0 Å². The largest absolute Gasteiger partial charge is 0.481 e. The van der Waals surface area contributed by atoms with Crippen molar-refractivity contribution in [1.29, 1.82) is 0 Å². The third kappa shape index (κ3) is 6.85. The van der Waals surface area contributed by atoms with Gasteiger partial charge in [0, 0.05) is 24.2 Å². The van der Waals surface area contributed by atoms with E-state index in [1.807, 2.05) is 6.07 Å². The third-order valence-electron chi connectivity index (χ3n) is 3.51. The predicted octanol–water partition coefficient (Wildman–Crippen LogP) is 3.37. The van der Waals surface area contributed by atoms with Crippen molar-refractivity contribution in [2.45, 2.75) is 64.8 Å². The van der Waals surface area contributed by atoms with Gasteiger partial charge in [0.2, 0.25) is 5.88 Å². The van der Waals surface area contributed by atoms with Crippen LogP contribution in [0, 0.1) is 0 Å². The minimum Gasteiger partial charge on any atom is -0.481 e. The van der Waals surface area contributed by atoms with E-state index in [0.717, 1.165) is 18.7 Å². The highest BCUT2D eigenvalue weighted by atomic mass is 16.5. The van der Waals surface area contributed by atoms with Crippen molar-refractivity contribution in [3.8, 4) is 5.88 Å². The van der Waals surface area contributed by atoms with Crippen LogP contribution < -0.4 is 10.1 Å². The molecule has 0 aliphatic heterocycles. The molecule has 1 rings (SSSR count). The van der Waals surface area contributed by atoms with Gasteiger partial charge in [0.15, 0.2) is 0 Å². The quantitative estimate of drug-likeness (QED) is 0.631. The summed E-state index contributed by atoms with van der Waals surface area (Å²) < 4.78 is 5.15. The molecular weight excluding hydrogens is 250 g/mol. The van der Waals surface area contributed by atoms with E-state index in [9.17, 15) is 0 Å². The van der Waals surface area contributed by atoms with E-state index in [4.69, 9.17) is 4.74 Å². The molecule has 0 spiro atoms. The summed E-state index contributed by atoms with van der Waals surface area (Å²) in [6.07, 6.45) is 10.4. The van der Waals surface area contributed by atoms with Crippen LogP contribution in [0.4, 0.5) is 0 Å². The molecule has 1 heterocycles. The first-order valence-corrected chi connectivity index (χ1v) is 7.88. The maximum atomic E-state index is 5.15. The average Bonchev–Trinajstić information content (AvgIpc) is 2.47. The number of rotatable bonds is 11. The fourth-order valence-electron chi connectivity index (χ4n) is 2.41. The van der Waals surface area contributed by atoms with Crippen LogP contribution in [0.3, 0.4) is 0 Å². The van der Waals surface area contributed by atoms with Crippen molar-refractivity contribution in [3.63, 3.8) is 0 Å². The maximum absolute atomic E-state index is 5.15. The standard InChI is InChI=1S/C16H29N3O/c1-4-6-7-8-9-10-14(17-5-2)11-15-12-16(20-3)19-13-18-15/h12-14,17H,4-11H2,1-3H3. The van der Waals surface area contributed by atoms with Crippen LogP contribution in [0.2, 0.25) is 0 Å². The first-order chi connectivity index (χ1) is 9.80. The minimum absolute atomic E-state index is 0.501. The van der Waals surface area contributed by atoms with E-state index in [1.165, 1.54) is 38.5 Å². The van der Waals surface area contributed by atoms with Crippen molar-refractivity contribution in [3.05, 3.63) is 18.1 Å². The van der Waals surface area contributed by atoms with Crippen molar-refractivity contribution in [2.75, 3.05) is 13.7 Å². The third-order valence-corrected chi connectivity index (χ3v) is 3.51. The number of aromatic nitrogens is 2. The molecule has 20 heavy (non-hydrogen) atoms. The number of nitrogens with zero attached hydrogens (tertiary/aromatic N) is 2. The summed E-state index contributed by atoms with van der Waals surface area (Å²) in [4.78, 5) is 8.39. The Labute approximate surface area is 123 Å². The van der Waals surface area contributed by atoms with Gasteiger partial charge < -0.3 is 10.1 Å². The topological polar surface area (TPSA) is 47.0 Å². The van der Waals surface area contributed by atoms with E-state index < -0.39 is 0 Å². The van der Waals surface area contributed by atoms with Gasteiger partial charge in [-0.05, 0) is 13.0 Å². The van der Waals surface area contributed by atoms with Gasteiger partial charge in [-0.25, -0.2) is 9.97 Å². The molecule has 4 heteroatoms. The normalized spacial score (nSPS) is 12.3. The van der Waals surface area contributed by atoms with Gasteiger partial charge in [-0.3, -0.25) is 0 Å². The molecule has 0 saturated heterocycles. The number of hydrogen-bond acceptors (Lipinski definition) is 4. The Morgan fingerprint density at radius 3 is 2.65 bits per heavy atom. The lowest BCUT2D eigenvalue weighted by atomic mass is 10.0. The molecular formula is C16H29N3O. The molecule has 1 aromatic rings. The average molecular weight is 279 g/mol. The predicted molar refractivity (Wildman–Crippen MR) is 83.1 cm³/mol. The summed E-state index contributed by atoms with van der Waals surface area (Å²) >= 11 is 0. The Morgan fingerprint density at radius 1 is 1.15 bits per heavy atom. The summed E-state index contributed by atoms with van der Waals surface area (Å²) in [5.74, 6) is 0.646. The van der Waals surface area contributed by atoms with Crippen LogP contribution in [0.15, 0.2) is 12.4 Å². The number of nitrogens with one attached hydrogen (secondary N) is 1. The molecule has 0 amide bonds. The first-order valence-electron chi connectivity index (χ1n) is 7.88. The zero-order valence-electron chi connectivity index (χ0n) is 13.2. The lowest BCUT2D eigenvalue weighted by Gasteiger charge is -2.17. The van der Waals surface area contributed by atoms with Crippen molar-refractivity contribution >= 4 is 0 Å². The van der Waals surface area contributed by atoms with Gasteiger partial charge >= 0.3 is 0 Å². The summed E-state index contributed by atoms with van der Waals surface area (Å²) in [6.45, 7) is 5.41. The van der Waals surface area contributed by atoms with E-state index in [2.05, 4.69) is 29.1 Å². The monoisotopic (exact) mass is 279 g/mol. The molecule has 0 fully saturated rings. The minimum atomic E-state index is 0.501. The number of ether oxygens (including phenoxy) is 1. The van der Waals surface area contributed by atoms with Gasteiger partial charge in [0.25, 0.3) is 0 Å². The number of unbranched alkanes of at least 4 members (excludes halogenated alkanes) is 4. The summed E-state index contributed by atoms with van der Waals surface area (Å²) in [7, 11) is 1.64. The van der Waals surface area contributed by atoms with Crippen molar-refractivity contribution < 1.29 is 4.74 Å². The van der Waals surface area contributed by atoms with Crippen LogP contribution in [-0.4, -0.2) is 29.7 Å². The first kappa shape index (κ1) is 16.9. The molecule has 1 atom stereocenters. The fourth-order valence-corrected chi connectivity index (χ4v) is 2.41. The summed E-state index contributed by atoms with van der Waals surface area (Å²) in [6, 6.07) is 2.43. The lowest BCUT2D eigenvalue weighted by molar-refractivity contribution is 0.394. The van der Waals surface area contributed by atoms with Gasteiger partial charge in [-0.2, -0.15) is 0 Å². The second-order valence-electron chi connectivity index (χ2n) is 5.21. The highest BCUT2D eigenvalue weighted by molar-refractivity contribution is 5.14. The Bertz CT molecular complexity index is 357. The Hall–Kier alpha value is -1.16. The number of hydrogen-bond donors (Lipinski definition) is 1. The molecule has 1 unspecified atom stereocenters. The smallest absolute Gasteiger partial charge is 0.216 e. The summed E-state index contributed by atoms with van der Waals surface area (Å²) in [5, 5.41) is 3.56. The Balaban J connectivity index is 2.40. The Morgan fingerprint density at radius 2 is 1.95 bits per heavy atom. The number of methoxy groups -OCH3 is 1. The van der Waals surface area contributed by atoms with E-state index in [-0.39, 0.29) is 0 Å². The zero-order chi connectivity index (χ0) is 14.6. The van der Waals surface area contributed by atoms with Gasteiger partial charge in [-0.1, -0.05) is 46.0 Å². The molecule has 0 aliphatic carbocycles. The number of likely N-dealkylation sites (N-methyl/N-ethyl adjacent to an activating group) is 1. The lowest BCUT2D eigenvalue weighted by Crippen LogP contribution is -2.31.